The van der Waals surface area contributed by atoms with Crippen LogP contribution in [0.4, 0.5) is 0 Å². The first-order chi connectivity index (χ1) is 4.93. The summed E-state index contributed by atoms with van der Waals surface area (Å²) in [7, 11) is 5.37. The van der Waals surface area contributed by atoms with Gasteiger partial charge < -0.3 is 0 Å². The Hall–Kier alpha value is 0.270. The Kier molecular flexibility index (Phi) is 4.18. The minimum absolute atomic E-state index is 1.32. The molecule has 1 aromatic carbocycles. The van der Waals surface area contributed by atoms with Gasteiger partial charge in [-0.1, -0.05) is 29.0 Å². The van der Waals surface area contributed by atoms with Crippen LogP contribution in [-0.4, -0.2) is 6.26 Å². The molecule has 0 heterocycles. The Morgan fingerprint density at radius 3 is 2.40 bits per heavy atom. The quantitative estimate of drug-likeness (QED) is 0.664. The minimum atomic E-state index is 1.32. The minimum Gasteiger partial charge on any atom is -0.0857 e. The van der Waals surface area contributed by atoms with Gasteiger partial charge in [0.2, 0.25) is 0 Å². The standard InChI is InChI=1S/C7H8S3/c1-8-10-9-7-5-3-2-4-6-7/h2-6H,1H3. The zero-order valence-electron chi connectivity index (χ0n) is 5.61. The fourth-order valence-electron chi connectivity index (χ4n) is 0.549. The Morgan fingerprint density at radius 2 is 1.80 bits per heavy atom. The zero-order chi connectivity index (χ0) is 7.23. The summed E-state index contributed by atoms with van der Waals surface area (Å²) in [5.41, 5.74) is 0. The highest BCUT2D eigenvalue weighted by Gasteiger charge is 1.89. The molecule has 1 aromatic rings. The van der Waals surface area contributed by atoms with E-state index < -0.39 is 0 Å². The first-order valence-corrected chi connectivity index (χ1v) is 6.75. The lowest BCUT2D eigenvalue weighted by atomic mass is 10.4. The maximum atomic E-state index is 2.12. The first-order valence-electron chi connectivity index (χ1n) is 2.86. The van der Waals surface area contributed by atoms with Crippen molar-refractivity contribution in [3.63, 3.8) is 0 Å². The monoisotopic (exact) mass is 188 g/mol. The van der Waals surface area contributed by atoms with Crippen LogP contribution in [0.3, 0.4) is 0 Å². The summed E-state index contributed by atoms with van der Waals surface area (Å²) >= 11 is 0. The lowest BCUT2D eigenvalue weighted by Gasteiger charge is -1.94. The average molecular weight is 188 g/mol. The highest BCUT2D eigenvalue weighted by Crippen LogP contribution is 2.37. The van der Waals surface area contributed by atoms with Gasteiger partial charge in [0.25, 0.3) is 0 Å². The summed E-state index contributed by atoms with van der Waals surface area (Å²) in [6, 6.07) is 10.4. The first kappa shape index (κ1) is 8.37. The van der Waals surface area contributed by atoms with E-state index in [-0.39, 0.29) is 0 Å². The van der Waals surface area contributed by atoms with Crippen LogP contribution in [0, 0.1) is 0 Å². The molecule has 0 saturated carbocycles. The maximum absolute atomic E-state index is 2.12. The summed E-state index contributed by atoms with van der Waals surface area (Å²) in [4.78, 5) is 1.32. The Balaban J connectivity index is 2.43. The number of benzene rings is 1. The molecule has 0 atom stereocenters. The Labute approximate surface area is 73.0 Å². The van der Waals surface area contributed by atoms with E-state index in [1.54, 1.807) is 31.4 Å². The maximum Gasteiger partial charge on any atom is 0.0191 e. The molecular formula is C7H8S3. The highest BCUT2D eigenvalue weighted by atomic mass is 33.5. The van der Waals surface area contributed by atoms with Gasteiger partial charge in [-0.2, -0.15) is 0 Å². The van der Waals surface area contributed by atoms with Crippen molar-refractivity contribution in [1.82, 2.24) is 0 Å². The summed E-state index contributed by atoms with van der Waals surface area (Å²) in [5, 5.41) is 0. The van der Waals surface area contributed by atoms with Gasteiger partial charge in [-0.15, -0.1) is 0 Å². The van der Waals surface area contributed by atoms with E-state index in [1.807, 2.05) is 6.07 Å². The molecule has 10 heavy (non-hydrogen) atoms. The molecule has 0 fully saturated rings. The number of hydrogen-bond donors (Lipinski definition) is 0. The van der Waals surface area contributed by atoms with Crippen LogP contribution in [0.1, 0.15) is 0 Å². The predicted molar refractivity (Wildman–Crippen MR) is 53.4 cm³/mol. The van der Waals surface area contributed by atoms with Crippen LogP contribution in [0.25, 0.3) is 0 Å². The normalized spacial score (nSPS) is 9.70. The SMILES string of the molecule is CSSSc1ccccc1. The second kappa shape index (κ2) is 4.99. The summed E-state index contributed by atoms with van der Waals surface area (Å²) in [6.07, 6.45) is 2.08. The van der Waals surface area contributed by atoms with Gasteiger partial charge in [-0.05, 0) is 39.0 Å². The third-order valence-corrected chi connectivity index (χ3v) is 4.64. The predicted octanol–water partition coefficient (Wildman–Crippen LogP) is 3.70. The summed E-state index contributed by atoms with van der Waals surface area (Å²) < 4.78 is 0. The molecule has 0 saturated heterocycles. The second-order valence-corrected chi connectivity index (χ2v) is 5.87. The van der Waals surface area contributed by atoms with E-state index in [0.29, 0.717) is 0 Å². The van der Waals surface area contributed by atoms with Crippen molar-refractivity contribution in [2.75, 3.05) is 6.26 Å². The molecule has 0 aromatic heterocycles. The smallest absolute Gasteiger partial charge is 0.0191 e. The van der Waals surface area contributed by atoms with Crippen molar-refractivity contribution in [2.24, 2.45) is 0 Å². The number of rotatable bonds is 3. The average Bonchev–Trinajstić information content (AvgIpc) is 2.03. The van der Waals surface area contributed by atoms with E-state index in [0.717, 1.165) is 0 Å². The van der Waals surface area contributed by atoms with E-state index >= 15 is 0 Å². The molecule has 0 spiro atoms. The third-order valence-electron chi connectivity index (χ3n) is 0.941. The van der Waals surface area contributed by atoms with Gasteiger partial charge in [-0.3, -0.25) is 0 Å². The molecule has 3 heteroatoms. The summed E-state index contributed by atoms with van der Waals surface area (Å²) in [5.74, 6) is 0. The second-order valence-electron chi connectivity index (χ2n) is 1.63. The van der Waals surface area contributed by atoms with Crippen molar-refractivity contribution in [3.8, 4) is 0 Å². The van der Waals surface area contributed by atoms with E-state index in [4.69, 9.17) is 0 Å². The molecule has 0 aliphatic heterocycles. The van der Waals surface area contributed by atoms with Crippen LogP contribution in [-0.2, 0) is 0 Å². The molecule has 0 aliphatic rings. The molecule has 0 unspecified atom stereocenters. The lowest BCUT2D eigenvalue weighted by molar-refractivity contribution is 1.48. The molecular weight excluding hydrogens is 180 g/mol. The molecule has 0 aliphatic carbocycles. The molecule has 0 bridgehead atoms. The van der Waals surface area contributed by atoms with E-state index in [9.17, 15) is 0 Å². The van der Waals surface area contributed by atoms with Crippen LogP contribution in [0.5, 0.6) is 0 Å². The topological polar surface area (TPSA) is 0 Å². The van der Waals surface area contributed by atoms with Gasteiger partial charge >= 0.3 is 0 Å². The van der Waals surface area contributed by atoms with Crippen LogP contribution < -0.4 is 0 Å². The van der Waals surface area contributed by atoms with Crippen molar-refractivity contribution in [1.29, 1.82) is 0 Å². The van der Waals surface area contributed by atoms with Crippen LogP contribution in [0.2, 0.25) is 0 Å². The molecule has 0 nitrogen and oxygen atoms in total. The molecule has 0 radical (unpaired) electrons. The third kappa shape index (κ3) is 2.90. The van der Waals surface area contributed by atoms with Crippen molar-refractivity contribution in [3.05, 3.63) is 30.3 Å². The van der Waals surface area contributed by atoms with Crippen molar-refractivity contribution >= 4 is 31.4 Å². The Bertz CT molecular complexity index is 173. The zero-order valence-corrected chi connectivity index (χ0v) is 8.06. The van der Waals surface area contributed by atoms with Gasteiger partial charge in [0.15, 0.2) is 0 Å². The number of hydrogen-bond acceptors (Lipinski definition) is 3. The molecule has 0 amide bonds. The molecule has 54 valence electrons. The van der Waals surface area contributed by atoms with Gasteiger partial charge in [0.1, 0.15) is 0 Å². The van der Waals surface area contributed by atoms with Gasteiger partial charge in [0, 0.05) is 4.90 Å². The fourth-order valence-corrected chi connectivity index (χ4v) is 3.06. The highest BCUT2D eigenvalue weighted by molar-refractivity contribution is 9.09. The van der Waals surface area contributed by atoms with E-state index in [2.05, 4.69) is 30.5 Å². The molecule has 1 rings (SSSR count). The Morgan fingerprint density at radius 1 is 1.10 bits per heavy atom. The fraction of sp³-hybridized carbons (Fsp3) is 0.143. The largest absolute Gasteiger partial charge is 0.0857 e. The van der Waals surface area contributed by atoms with E-state index in [1.165, 1.54) is 4.90 Å². The van der Waals surface area contributed by atoms with Crippen LogP contribution in [0.15, 0.2) is 35.2 Å². The molecule has 0 N–H and O–H groups in total. The van der Waals surface area contributed by atoms with Gasteiger partial charge in [-0.25, -0.2) is 0 Å². The van der Waals surface area contributed by atoms with Gasteiger partial charge in [0.05, 0.1) is 0 Å². The van der Waals surface area contributed by atoms with Crippen LogP contribution >= 0.6 is 31.4 Å². The lowest BCUT2D eigenvalue weighted by Crippen LogP contribution is -1.61. The summed E-state index contributed by atoms with van der Waals surface area (Å²) in [6.45, 7) is 0. The van der Waals surface area contributed by atoms with Crippen molar-refractivity contribution in [2.45, 2.75) is 4.90 Å². The van der Waals surface area contributed by atoms with Crippen molar-refractivity contribution < 1.29 is 0 Å².